The number of aliphatic hydroxyl groups excluding tert-OH is 1. The first-order valence-corrected chi connectivity index (χ1v) is 5.98. The van der Waals surface area contributed by atoms with Crippen LogP contribution in [0.1, 0.15) is 5.56 Å². The first-order chi connectivity index (χ1) is 9.60. The van der Waals surface area contributed by atoms with Crippen LogP contribution in [-0.2, 0) is 6.61 Å². The van der Waals surface area contributed by atoms with Gasteiger partial charge in [-0.2, -0.15) is 0 Å². The lowest BCUT2D eigenvalue weighted by Crippen LogP contribution is -1.92. The molecular weight excluding hydrogens is 260 g/mol. The summed E-state index contributed by atoms with van der Waals surface area (Å²) in [6.45, 7) is -0.265. The summed E-state index contributed by atoms with van der Waals surface area (Å²) >= 11 is 0. The Bertz CT molecular complexity index is 622. The van der Waals surface area contributed by atoms with Crippen LogP contribution in [0.15, 0.2) is 30.3 Å². The number of phenolic OH excluding ortho intramolecular Hbond substituents is 1. The maximum Gasteiger partial charge on any atom is 0.203 e. The molecule has 0 aliphatic rings. The van der Waals surface area contributed by atoms with Crippen molar-refractivity contribution in [3.05, 3.63) is 35.9 Å². The number of aromatic hydroxyl groups is 2. The summed E-state index contributed by atoms with van der Waals surface area (Å²) in [5.74, 6) is 0.653. The molecule has 0 fully saturated rings. The Morgan fingerprint density at radius 3 is 2.25 bits per heavy atom. The van der Waals surface area contributed by atoms with Gasteiger partial charge in [0.15, 0.2) is 11.5 Å². The second-order valence-corrected chi connectivity index (χ2v) is 4.23. The zero-order valence-corrected chi connectivity index (χ0v) is 11.3. The number of benzene rings is 2. The fraction of sp³-hybridized carbons (Fsp3) is 0.200. The predicted octanol–water partition coefficient (Wildman–Crippen LogP) is 2.27. The third-order valence-corrected chi connectivity index (χ3v) is 3.04. The van der Waals surface area contributed by atoms with Gasteiger partial charge in [-0.1, -0.05) is 6.07 Å². The van der Waals surface area contributed by atoms with Crippen LogP contribution in [0.5, 0.6) is 23.0 Å². The second-order valence-electron chi connectivity index (χ2n) is 4.23. The van der Waals surface area contributed by atoms with Crippen molar-refractivity contribution in [2.45, 2.75) is 6.61 Å². The van der Waals surface area contributed by atoms with Crippen LogP contribution in [0, 0.1) is 0 Å². The van der Waals surface area contributed by atoms with Gasteiger partial charge in [0, 0.05) is 5.56 Å². The Kier molecular flexibility index (Phi) is 4.00. The van der Waals surface area contributed by atoms with E-state index in [9.17, 15) is 15.3 Å². The molecule has 5 heteroatoms. The van der Waals surface area contributed by atoms with Crippen molar-refractivity contribution >= 4 is 0 Å². The molecule has 0 atom stereocenters. The van der Waals surface area contributed by atoms with E-state index >= 15 is 0 Å². The summed E-state index contributed by atoms with van der Waals surface area (Å²) in [4.78, 5) is 0. The minimum absolute atomic E-state index is 0.0287. The van der Waals surface area contributed by atoms with E-state index in [1.807, 2.05) is 0 Å². The van der Waals surface area contributed by atoms with E-state index in [0.29, 0.717) is 16.9 Å². The maximum atomic E-state index is 9.94. The minimum Gasteiger partial charge on any atom is -0.508 e. The van der Waals surface area contributed by atoms with Crippen molar-refractivity contribution in [2.24, 2.45) is 0 Å². The summed E-state index contributed by atoms with van der Waals surface area (Å²) in [7, 11) is 2.93. The smallest absolute Gasteiger partial charge is 0.203 e. The number of hydrogen-bond donors (Lipinski definition) is 3. The first kappa shape index (κ1) is 14.0. The monoisotopic (exact) mass is 276 g/mol. The zero-order valence-electron chi connectivity index (χ0n) is 11.3. The maximum absolute atomic E-state index is 9.94. The minimum atomic E-state index is -0.265. The fourth-order valence-electron chi connectivity index (χ4n) is 2.00. The summed E-state index contributed by atoms with van der Waals surface area (Å²) in [6.07, 6.45) is 0. The third kappa shape index (κ3) is 2.48. The number of phenols is 2. The molecule has 0 bridgehead atoms. The molecule has 0 radical (unpaired) electrons. The summed E-state index contributed by atoms with van der Waals surface area (Å²) < 4.78 is 10.2. The average Bonchev–Trinajstić information content (AvgIpc) is 2.46. The van der Waals surface area contributed by atoms with Crippen LogP contribution in [-0.4, -0.2) is 29.5 Å². The molecule has 2 aromatic rings. The van der Waals surface area contributed by atoms with Crippen LogP contribution in [0.2, 0.25) is 0 Å². The number of aliphatic hydroxyl groups is 1. The van der Waals surface area contributed by atoms with Gasteiger partial charge in [0.1, 0.15) is 5.75 Å². The predicted molar refractivity (Wildman–Crippen MR) is 74.2 cm³/mol. The fourth-order valence-corrected chi connectivity index (χ4v) is 2.00. The van der Waals surface area contributed by atoms with E-state index in [-0.39, 0.29) is 23.9 Å². The Labute approximate surface area is 116 Å². The lowest BCUT2D eigenvalue weighted by molar-refractivity contribution is 0.275. The van der Waals surface area contributed by atoms with Gasteiger partial charge >= 0.3 is 0 Å². The topological polar surface area (TPSA) is 79.2 Å². The van der Waals surface area contributed by atoms with Crippen molar-refractivity contribution < 1.29 is 24.8 Å². The highest BCUT2D eigenvalue weighted by Crippen LogP contribution is 2.41. The highest BCUT2D eigenvalue weighted by atomic mass is 16.5. The van der Waals surface area contributed by atoms with Crippen LogP contribution in [0.25, 0.3) is 11.1 Å². The Morgan fingerprint density at radius 1 is 0.900 bits per heavy atom. The first-order valence-electron chi connectivity index (χ1n) is 5.98. The van der Waals surface area contributed by atoms with Crippen LogP contribution in [0.3, 0.4) is 0 Å². The molecule has 0 amide bonds. The van der Waals surface area contributed by atoms with Gasteiger partial charge in [0.25, 0.3) is 0 Å². The van der Waals surface area contributed by atoms with Crippen molar-refractivity contribution in [3.63, 3.8) is 0 Å². The third-order valence-electron chi connectivity index (χ3n) is 3.04. The molecule has 106 valence electrons. The molecule has 0 unspecified atom stereocenters. The molecule has 0 spiro atoms. The SMILES string of the molecule is COc1cc(-c2ccc(O)c(CO)c2)cc(O)c1OC. The van der Waals surface area contributed by atoms with Gasteiger partial charge in [-0.05, 0) is 35.4 Å². The van der Waals surface area contributed by atoms with Crippen LogP contribution in [0.4, 0.5) is 0 Å². The van der Waals surface area contributed by atoms with Crippen LogP contribution >= 0.6 is 0 Å². The van der Waals surface area contributed by atoms with E-state index < -0.39 is 0 Å². The second kappa shape index (κ2) is 5.71. The largest absolute Gasteiger partial charge is 0.508 e. The molecule has 0 heterocycles. The van der Waals surface area contributed by atoms with Crippen molar-refractivity contribution in [1.29, 1.82) is 0 Å². The lowest BCUT2D eigenvalue weighted by atomic mass is 10.0. The molecule has 0 aliphatic heterocycles. The summed E-state index contributed by atoms with van der Waals surface area (Å²) in [5.41, 5.74) is 1.84. The van der Waals surface area contributed by atoms with Crippen molar-refractivity contribution in [3.8, 4) is 34.1 Å². The van der Waals surface area contributed by atoms with Gasteiger partial charge in [-0.15, -0.1) is 0 Å². The van der Waals surface area contributed by atoms with Crippen molar-refractivity contribution in [1.82, 2.24) is 0 Å². The van der Waals surface area contributed by atoms with E-state index in [1.165, 1.54) is 26.4 Å². The van der Waals surface area contributed by atoms with Gasteiger partial charge in [-0.3, -0.25) is 0 Å². The number of hydrogen-bond acceptors (Lipinski definition) is 5. The van der Waals surface area contributed by atoms with Crippen molar-refractivity contribution in [2.75, 3.05) is 14.2 Å². The van der Waals surface area contributed by atoms with Crippen LogP contribution < -0.4 is 9.47 Å². The lowest BCUT2D eigenvalue weighted by Gasteiger charge is -2.12. The van der Waals surface area contributed by atoms with E-state index in [1.54, 1.807) is 18.2 Å². The molecule has 2 rings (SSSR count). The molecular formula is C15H16O5. The summed E-state index contributed by atoms with van der Waals surface area (Å²) in [5, 5.41) is 28.7. The molecule has 20 heavy (non-hydrogen) atoms. The molecule has 5 nitrogen and oxygen atoms in total. The molecule has 0 saturated heterocycles. The quantitative estimate of drug-likeness (QED) is 0.798. The van der Waals surface area contributed by atoms with Gasteiger partial charge in [0.2, 0.25) is 5.75 Å². The van der Waals surface area contributed by atoms with E-state index in [2.05, 4.69) is 0 Å². The molecule has 0 aromatic heterocycles. The average molecular weight is 276 g/mol. The molecule has 0 aliphatic carbocycles. The Hall–Kier alpha value is -2.40. The normalized spacial score (nSPS) is 10.3. The Balaban J connectivity index is 2.55. The van der Waals surface area contributed by atoms with E-state index in [4.69, 9.17) is 9.47 Å². The molecule has 2 aromatic carbocycles. The summed E-state index contributed by atoms with van der Waals surface area (Å²) in [6, 6.07) is 8.08. The van der Waals surface area contributed by atoms with Gasteiger partial charge < -0.3 is 24.8 Å². The molecule has 3 N–H and O–H groups in total. The van der Waals surface area contributed by atoms with Gasteiger partial charge in [-0.25, -0.2) is 0 Å². The zero-order chi connectivity index (χ0) is 14.7. The Morgan fingerprint density at radius 2 is 1.65 bits per heavy atom. The van der Waals surface area contributed by atoms with Gasteiger partial charge in [0.05, 0.1) is 20.8 Å². The number of rotatable bonds is 4. The number of methoxy groups -OCH3 is 2. The number of ether oxygens (including phenoxy) is 2. The highest BCUT2D eigenvalue weighted by Gasteiger charge is 2.13. The highest BCUT2D eigenvalue weighted by molar-refractivity contribution is 5.72. The molecule has 0 saturated carbocycles. The van der Waals surface area contributed by atoms with E-state index in [0.717, 1.165) is 5.56 Å². The standard InChI is InChI=1S/C15H16O5/c1-19-14-7-10(6-13(18)15(14)20-2)9-3-4-12(17)11(5-9)8-16/h3-7,16-18H,8H2,1-2H3.